The second-order valence-corrected chi connectivity index (χ2v) is 6.34. The first kappa shape index (κ1) is 18.2. The number of carboxylic acid groups (broad SMARTS) is 1. The molecule has 0 bridgehead atoms. The van der Waals surface area contributed by atoms with E-state index in [0.717, 1.165) is 29.7 Å². The number of carboxylic acids is 1. The molecule has 0 atom stereocenters. The number of carbonyl (C=O) groups is 1. The Bertz CT molecular complexity index is 953. The van der Waals surface area contributed by atoms with Gasteiger partial charge in [-0.25, -0.2) is 9.78 Å². The molecule has 0 fully saturated rings. The van der Waals surface area contributed by atoms with Gasteiger partial charge in [0.1, 0.15) is 0 Å². The van der Waals surface area contributed by atoms with Crippen molar-refractivity contribution < 1.29 is 14.6 Å². The van der Waals surface area contributed by atoms with Gasteiger partial charge in [-0.15, -0.1) is 0 Å². The molecule has 2 aromatic heterocycles. The largest absolute Gasteiger partial charge is 0.481 e. The zero-order chi connectivity index (χ0) is 18.7. The second kappa shape index (κ2) is 7.76. The van der Waals surface area contributed by atoms with E-state index in [9.17, 15) is 9.90 Å². The number of fused-ring (bicyclic) bond motifs is 1. The molecule has 7 heteroatoms. The lowest BCUT2D eigenvalue weighted by molar-refractivity contribution is 0.0699. The Morgan fingerprint density at radius 1 is 1.35 bits per heavy atom. The third kappa shape index (κ3) is 3.25. The minimum absolute atomic E-state index is 0.220. The van der Waals surface area contributed by atoms with Crippen LogP contribution in [0.1, 0.15) is 28.8 Å². The van der Waals surface area contributed by atoms with Crippen LogP contribution in [-0.4, -0.2) is 34.7 Å². The Hall–Kier alpha value is -2.57. The van der Waals surface area contributed by atoms with E-state index in [1.54, 1.807) is 19.4 Å². The molecule has 0 unspecified atom stereocenters. The predicted molar refractivity (Wildman–Crippen MR) is 102 cm³/mol. The van der Waals surface area contributed by atoms with Crippen LogP contribution < -0.4 is 10.5 Å². The molecule has 0 amide bonds. The number of rotatable bonds is 7. The van der Waals surface area contributed by atoms with Crippen LogP contribution in [0.15, 0.2) is 30.5 Å². The van der Waals surface area contributed by atoms with Crippen LogP contribution in [0.2, 0.25) is 5.02 Å². The fourth-order valence-corrected chi connectivity index (χ4v) is 3.39. The Morgan fingerprint density at radius 2 is 2.15 bits per heavy atom. The molecule has 3 rings (SSSR count). The number of unbranched alkanes of at least 4 members (excludes halogenated alkanes) is 1. The van der Waals surface area contributed by atoms with E-state index < -0.39 is 5.97 Å². The van der Waals surface area contributed by atoms with Crippen molar-refractivity contribution in [2.45, 2.75) is 19.3 Å². The summed E-state index contributed by atoms with van der Waals surface area (Å²) in [7, 11) is 1.55. The number of hydrogen-bond donors (Lipinski definition) is 3. The lowest BCUT2D eigenvalue weighted by Gasteiger charge is -2.09. The third-order valence-electron chi connectivity index (χ3n) is 4.35. The summed E-state index contributed by atoms with van der Waals surface area (Å²) in [5, 5.41) is 10.7. The van der Waals surface area contributed by atoms with E-state index in [0.29, 0.717) is 34.8 Å². The predicted octanol–water partition coefficient (Wildman–Crippen LogP) is 3.87. The minimum Gasteiger partial charge on any atom is -0.481 e. The number of halogens is 1. The molecular weight excluding hydrogens is 354 g/mol. The van der Waals surface area contributed by atoms with Crippen molar-refractivity contribution in [3.05, 3.63) is 46.6 Å². The highest BCUT2D eigenvalue weighted by molar-refractivity contribution is 6.36. The van der Waals surface area contributed by atoms with Crippen LogP contribution in [0.25, 0.3) is 22.2 Å². The van der Waals surface area contributed by atoms with Gasteiger partial charge in [0.25, 0.3) is 0 Å². The highest BCUT2D eigenvalue weighted by atomic mass is 35.5. The highest BCUT2D eigenvalue weighted by Crippen LogP contribution is 2.39. The van der Waals surface area contributed by atoms with E-state index in [1.807, 2.05) is 12.1 Å². The molecule has 4 N–H and O–H groups in total. The fraction of sp³-hybridized carbons (Fsp3) is 0.263. The van der Waals surface area contributed by atoms with Gasteiger partial charge in [0.15, 0.2) is 0 Å². The maximum absolute atomic E-state index is 11.8. The SMILES string of the molecule is COc1ncccc1-c1[nH]c2c(Cl)ccc(C(=O)O)c2c1CCCCN. The van der Waals surface area contributed by atoms with Gasteiger partial charge in [0.2, 0.25) is 5.88 Å². The smallest absolute Gasteiger partial charge is 0.336 e. The first-order chi connectivity index (χ1) is 12.6. The van der Waals surface area contributed by atoms with Gasteiger partial charge in [0, 0.05) is 11.6 Å². The number of pyridine rings is 1. The highest BCUT2D eigenvalue weighted by Gasteiger charge is 2.22. The molecule has 0 aliphatic carbocycles. The second-order valence-electron chi connectivity index (χ2n) is 5.93. The van der Waals surface area contributed by atoms with Crippen molar-refractivity contribution >= 4 is 28.5 Å². The Labute approximate surface area is 156 Å². The van der Waals surface area contributed by atoms with E-state index in [-0.39, 0.29) is 5.56 Å². The number of ether oxygens (including phenoxy) is 1. The van der Waals surface area contributed by atoms with Crippen molar-refractivity contribution in [2.24, 2.45) is 5.73 Å². The van der Waals surface area contributed by atoms with E-state index in [2.05, 4.69) is 9.97 Å². The van der Waals surface area contributed by atoms with Crippen LogP contribution in [0, 0.1) is 0 Å². The number of nitrogens with one attached hydrogen (secondary N) is 1. The van der Waals surface area contributed by atoms with Crippen LogP contribution >= 0.6 is 11.6 Å². The number of aromatic amines is 1. The maximum atomic E-state index is 11.8. The number of aromatic carboxylic acids is 1. The summed E-state index contributed by atoms with van der Waals surface area (Å²) in [5.41, 5.74) is 8.88. The molecular formula is C19H20ClN3O3. The van der Waals surface area contributed by atoms with Crippen LogP contribution in [-0.2, 0) is 6.42 Å². The van der Waals surface area contributed by atoms with Crippen molar-refractivity contribution in [2.75, 3.05) is 13.7 Å². The molecule has 6 nitrogen and oxygen atoms in total. The molecule has 0 saturated heterocycles. The number of aryl methyl sites for hydroxylation is 1. The van der Waals surface area contributed by atoms with Crippen molar-refractivity contribution in [3.8, 4) is 17.1 Å². The number of nitrogens with zero attached hydrogens (tertiary/aromatic N) is 1. The standard InChI is InChI=1S/C19H20ClN3O3/c1-26-18-13(6-4-10-22-18)16-11(5-2-3-9-21)15-12(19(24)25)7-8-14(20)17(15)23-16/h4,6-8,10,23H,2-3,5,9,21H2,1H3,(H,24,25). The normalized spacial score (nSPS) is 11.0. The van der Waals surface area contributed by atoms with E-state index in [4.69, 9.17) is 22.1 Å². The minimum atomic E-state index is -0.990. The first-order valence-corrected chi connectivity index (χ1v) is 8.72. The van der Waals surface area contributed by atoms with E-state index >= 15 is 0 Å². The molecule has 0 radical (unpaired) electrons. The zero-order valence-corrected chi connectivity index (χ0v) is 15.1. The lowest BCUT2D eigenvalue weighted by atomic mass is 9.98. The summed E-state index contributed by atoms with van der Waals surface area (Å²) in [6.45, 7) is 0.584. The fourth-order valence-electron chi connectivity index (χ4n) is 3.19. The molecule has 136 valence electrons. The van der Waals surface area contributed by atoms with Gasteiger partial charge in [-0.1, -0.05) is 11.6 Å². The maximum Gasteiger partial charge on any atom is 0.336 e. The first-order valence-electron chi connectivity index (χ1n) is 8.34. The summed E-state index contributed by atoms with van der Waals surface area (Å²) in [6, 6.07) is 6.83. The summed E-state index contributed by atoms with van der Waals surface area (Å²) in [4.78, 5) is 19.3. The van der Waals surface area contributed by atoms with Crippen LogP contribution in [0.3, 0.4) is 0 Å². The van der Waals surface area contributed by atoms with Crippen molar-refractivity contribution in [1.29, 1.82) is 0 Å². The molecule has 0 spiro atoms. The molecule has 0 aliphatic rings. The lowest BCUT2D eigenvalue weighted by Crippen LogP contribution is -2.01. The number of nitrogens with two attached hydrogens (primary N) is 1. The van der Waals surface area contributed by atoms with Gasteiger partial charge in [-0.3, -0.25) is 0 Å². The average Bonchev–Trinajstić information content (AvgIpc) is 3.02. The molecule has 2 heterocycles. The zero-order valence-electron chi connectivity index (χ0n) is 14.4. The molecule has 26 heavy (non-hydrogen) atoms. The Balaban J connectivity index is 2.31. The monoisotopic (exact) mass is 373 g/mol. The average molecular weight is 374 g/mol. The van der Waals surface area contributed by atoms with Crippen LogP contribution in [0.5, 0.6) is 5.88 Å². The number of benzene rings is 1. The van der Waals surface area contributed by atoms with Gasteiger partial charge in [0.05, 0.1) is 34.5 Å². The van der Waals surface area contributed by atoms with Gasteiger partial charge >= 0.3 is 5.97 Å². The summed E-state index contributed by atoms with van der Waals surface area (Å²) in [5.74, 6) is -0.525. The summed E-state index contributed by atoms with van der Waals surface area (Å²) < 4.78 is 5.38. The topological polar surface area (TPSA) is 101 Å². The van der Waals surface area contributed by atoms with E-state index in [1.165, 1.54) is 6.07 Å². The van der Waals surface area contributed by atoms with Crippen molar-refractivity contribution in [1.82, 2.24) is 9.97 Å². The van der Waals surface area contributed by atoms with Gasteiger partial charge < -0.3 is 20.6 Å². The summed E-state index contributed by atoms with van der Waals surface area (Å²) >= 11 is 6.35. The quantitative estimate of drug-likeness (QED) is 0.546. The van der Waals surface area contributed by atoms with Crippen LogP contribution in [0.4, 0.5) is 0 Å². The number of methoxy groups -OCH3 is 1. The third-order valence-corrected chi connectivity index (χ3v) is 4.67. The summed E-state index contributed by atoms with van der Waals surface area (Å²) in [6.07, 6.45) is 4.00. The van der Waals surface area contributed by atoms with Crippen molar-refractivity contribution in [3.63, 3.8) is 0 Å². The number of hydrogen-bond acceptors (Lipinski definition) is 4. The molecule has 1 aromatic carbocycles. The molecule has 0 saturated carbocycles. The molecule has 0 aliphatic heterocycles. The van der Waals surface area contributed by atoms with Gasteiger partial charge in [-0.05, 0) is 55.6 Å². The molecule has 3 aromatic rings. The number of aromatic nitrogens is 2. The Morgan fingerprint density at radius 3 is 2.85 bits per heavy atom. The van der Waals surface area contributed by atoms with Gasteiger partial charge in [-0.2, -0.15) is 0 Å². The number of H-pyrrole nitrogens is 1. The Kier molecular flexibility index (Phi) is 5.44.